The van der Waals surface area contributed by atoms with Crippen LogP contribution in [0.15, 0.2) is 42.7 Å². The highest BCUT2D eigenvalue weighted by atomic mass is 16.3. The van der Waals surface area contributed by atoms with Crippen LogP contribution in [0.5, 0.6) is 5.88 Å². The molecule has 1 aliphatic heterocycles. The first-order valence-corrected chi connectivity index (χ1v) is 12.9. The van der Waals surface area contributed by atoms with Crippen molar-refractivity contribution in [2.45, 2.75) is 56.0 Å². The van der Waals surface area contributed by atoms with Crippen LogP contribution in [-0.2, 0) is 10.3 Å². The molecule has 1 spiro atoms. The fourth-order valence-electron chi connectivity index (χ4n) is 6.25. The van der Waals surface area contributed by atoms with Crippen molar-refractivity contribution in [1.29, 1.82) is 0 Å². The Hall–Kier alpha value is -3.20. The molecule has 36 heavy (non-hydrogen) atoms. The first kappa shape index (κ1) is 24.5. The molecule has 9 heteroatoms. The molecular weight excluding hydrogens is 456 g/mol. The van der Waals surface area contributed by atoms with Crippen molar-refractivity contribution in [3.63, 3.8) is 0 Å². The van der Waals surface area contributed by atoms with Gasteiger partial charge in [-0.05, 0) is 64.1 Å². The van der Waals surface area contributed by atoms with E-state index in [9.17, 15) is 14.7 Å². The SMILES string of the molecule is CN(C)[C@]1(c2ccccc2)CC[C@]2(CC1)CN(CC(=O)Nc1cnc(O)cn1)C(=O)N2CC1CCC1. The van der Waals surface area contributed by atoms with Crippen molar-refractivity contribution < 1.29 is 14.7 Å². The van der Waals surface area contributed by atoms with Gasteiger partial charge in [-0.2, -0.15) is 0 Å². The van der Waals surface area contributed by atoms with Crippen molar-refractivity contribution in [2.75, 3.05) is 39.0 Å². The van der Waals surface area contributed by atoms with Crippen molar-refractivity contribution in [3.8, 4) is 5.88 Å². The summed E-state index contributed by atoms with van der Waals surface area (Å²) in [6, 6.07) is 10.7. The summed E-state index contributed by atoms with van der Waals surface area (Å²) in [4.78, 5) is 40.3. The van der Waals surface area contributed by atoms with Gasteiger partial charge in [0.2, 0.25) is 11.8 Å². The molecule has 5 rings (SSSR count). The molecule has 1 saturated heterocycles. The zero-order valence-corrected chi connectivity index (χ0v) is 21.2. The number of hydrogen-bond donors (Lipinski definition) is 2. The van der Waals surface area contributed by atoms with E-state index in [4.69, 9.17) is 0 Å². The lowest BCUT2D eigenvalue weighted by Gasteiger charge is -2.51. The van der Waals surface area contributed by atoms with Crippen molar-refractivity contribution in [3.05, 3.63) is 48.3 Å². The molecule has 1 aromatic heterocycles. The third kappa shape index (κ3) is 4.52. The lowest BCUT2D eigenvalue weighted by molar-refractivity contribution is -0.116. The smallest absolute Gasteiger partial charge is 0.321 e. The quantitative estimate of drug-likeness (QED) is 0.614. The zero-order chi connectivity index (χ0) is 25.3. The number of nitrogens with zero attached hydrogens (tertiary/aromatic N) is 5. The number of aromatic hydroxyl groups is 1. The van der Waals surface area contributed by atoms with E-state index in [-0.39, 0.29) is 41.3 Å². The first-order chi connectivity index (χ1) is 17.3. The minimum absolute atomic E-state index is 0.0260. The van der Waals surface area contributed by atoms with Crippen molar-refractivity contribution >= 4 is 17.8 Å². The fraction of sp³-hybridized carbons (Fsp3) is 0.556. The summed E-state index contributed by atoms with van der Waals surface area (Å²) >= 11 is 0. The van der Waals surface area contributed by atoms with Crippen LogP contribution in [0.3, 0.4) is 0 Å². The highest BCUT2D eigenvalue weighted by Crippen LogP contribution is 2.49. The number of carbonyl (C=O) groups excluding carboxylic acids is 2. The van der Waals surface area contributed by atoms with Crippen LogP contribution < -0.4 is 5.32 Å². The second-order valence-electron chi connectivity index (χ2n) is 10.9. The highest BCUT2D eigenvalue weighted by Gasteiger charge is 2.55. The number of amides is 3. The van der Waals surface area contributed by atoms with E-state index in [1.807, 2.05) is 0 Å². The highest BCUT2D eigenvalue weighted by molar-refractivity contribution is 5.94. The van der Waals surface area contributed by atoms with Crippen molar-refractivity contribution in [2.24, 2.45) is 5.92 Å². The van der Waals surface area contributed by atoms with E-state index >= 15 is 0 Å². The zero-order valence-electron chi connectivity index (χ0n) is 21.2. The lowest BCUT2D eigenvalue weighted by atomic mass is 9.68. The van der Waals surface area contributed by atoms with Gasteiger partial charge in [0, 0.05) is 18.6 Å². The van der Waals surface area contributed by atoms with Crippen LogP contribution in [0.1, 0.15) is 50.5 Å². The number of rotatable bonds is 7. The van der Waals surface area contributed by atoms with Gasteiger partial charge in [-0.15, -0.1) is 0 Å². The van der Waals surface area contributed by atoms with Crippen molar-refractivity contribution in [1.82, 2.24) is 24.7 Å². The molecule has 2 heterocycles. The molecule has 0 unspecified atom stereocenters. The number of anilines is 1. The van der Waals surface area contributed by atoms with Gasteiger partial charge in [0.05, 0.1) is 17.9 Å². The average Bonchev–Trinajstić information content (AvgIpc) is 3.08. The molecule has 2 aliphatic carbocycles. The number of benzene rings is 1. The Morgan fingerprint density at radius 2 is 1.83 bits per heavy atom. The van der Waals surface area contributed by atoms with Gasteiger partial charge in [-0.25, -0.2) is 14.8 Å². The molecule has 0 bridgehead atoms. The molecule has 9 nitrogen and oxygen atoms in total. The predicted molar refractivity (Wildman–Crippen MR) is 136 cm³/mol. The maximum absolute atomic E-state index is 13.7. The van der Waals surface area contributed by atoms with Gasteiger partial charge in [0.25, 0.3) is 0 Å². The number of aromatic nitrogens is 2. The number of nitrogens with one attached hydrogen (secondary N) is 1. The number of urea groups is 1. The summed E-state index contributed by atoms with van der Waals surface area (Å²) in [7, 11) is 4.31. The standard InChI is InChI=1S/C27H36N6O3/c1-31(2)27(21-9-4-3-5-10-21)13-11-26(12-14-27)19-32(25(36)33(26)17-20-7-6-8-20)18-24(35)30-22-15-29-23(34)16-28-22/h3-5,9-10,15-16,20H,6-8,11-14,17-19H2,1-2H3,(H,29,34)(H,28,30,35)/t26-,27+. The Labute approximate surface area is 212 Å². The van der Waals surface area contributed by atoms with Crippen LogP contribution >= 0.6 is 0 Å². The van der Waals surface area contributed by atoms with Crippen LogP contribution in [0.2, 0.25) is 0 Å². The summed E-state index contributed by atoms with van der Waals surface area (Å²) in [6.45, 7) is 1.31. The maximum atomic E-state index is 13.7. The minimum Gasteiger partial charge on any atom is -0.492 e. The van der Waals surface area contributed by atoms with E-state index < -0.39 is 0 Å². The monoisotopic (exact) mass is 492 g/mol. The van der Waals surface area contributed by atoms with Crippen LogP contribution in [0.25, 0.3) is 0 Å². The summed E-state index contributed by atoms with van der Waals surface area (Å²) in [5.74, 6) is 0.285. The van der Waals surface area contributed by atoms with Gasteiger partial charge in [-0.1, -0.05) is 36.8 Å². The van der Waals surface area contributed by atoms with E-state index in [2.05, 4.69) is 69.5 Å². The van der Waals surface area contributed by atoms with Crippen LogP contribution in [0.4, 0.5) is 10.6 Å². The molecule has 3 amide bonds. The van der Waals surface area contributed by atoms with Gasteiger partial charge in [0.15, 0.2) is 5.82 Å². The van der Waals surface area contributed by atoms with Gasteiger partial charge in [-0.3, -0.25) is 9.69 Å². The van der Waals surface area contributed by atoms with E-state index in [1.165, 1.54) is 37.2 Å². The molecule has 3 aliphatic rings. The number of carbonyl (C=O) groups is 2. The molecule has 2 N–H and O–H groups in total. The number of hydrogen-bond acceptors (Lipinski definition) is 6. The summed E-state index contributed by atoms with van der Waals surface area (Å²) in [5, 5.41) is 12.0. The minimum atomic E-state index is -0.313. The van der Waals surface area contributed by atoms with Gasteiger partial charge >= 0.3 is 6.03 Å². The second-order valence-corrected chi connectivity index (χ2v) is 10.9. The summed E-state index contributed by atoms with van der Waals surface area (Å²) in [5.41, 5.74) is 1.02. The Morgan fingerprint density at radius 1 is 1.11 bits per heavy atom. The third-order valence-electron chi connectivity index (χ3n) is 8.64. The molecule has 2 saturated carbocycles. The maximum Gasteiger partial charge on any atom is 0.321 e. The summed E-state index contributed by atoms with van der Waals surface area (Å²) in [6.07, 6.45) is 9.78. The molecule has 1 aromatic carbocycles. The third-order valence-corrected chi connectivity index (χ3v) is 8.64. The molecule has 0 radical (unpaired) electrons. The van der Waals surface area contributed by atoms with E-state index in [0.29, 0.717) is 12.5 Å². The fourth-order valence-corrected chi connectivity index (χ4v) is 6.25. The molecule has 192 valence electrons. The predicted octanol–water partition coefficient (Wildman–Crippen LogP) is 3.43. The topological polar surface area (TPSA) is 102 Å². The van der Waals surface area contributed by atoms with Gasteiger partial charge < -0.3 is 20.2 Å². The normalized spacial score (nSPS) is 26.5. The Kier molecular flexibility index (Phi) is 6.59. The van der Waals surface area contributed by atoms with Gasteiger partial charge in [0.1, 0.15) is 6.54 Å². The largest absolute Gasteiger partial charge is 0.492 e. The first-order valence-electron chi connectivity index (χ1n) is 12.9. The molecule has 2 aromatic rings. The Morgan fingerprint density at radius 3 is 2.42 bits per heavy atom. The molecule has 3 fully saturated rings. The second kappa shape index (κ2) is 9.69. The van der Waals surface area contributed by atoms with E-state index in [1.54, 1.807) is 4.90 Å². The Bertz CT molecular complexity index is 1080. The molecular formula is C27H36N6O3. The Balaban J connectivity index is 1.33. The molecule has 0 atom stereocenters. The summed E-state index contributed by atoms with van der Waals surface area (Å²) < 4.78 is 0. The van der Waals surface area contributed by atoms with Crippen LogP contribution in [0, 0.1) is 5.92 Å². The average molecular weight is 493 g/mol. The lowest BCUT2D eigenvalue weighted by Crippen LogP contribution is -2.56. The van der Waals surface area contributed by atoms with Crippen LogP contribution in [-0.4, -0.2) is 81.0 Å². The van der Waals surface area contributed by atoms with E-state index in [0.717, 1.165) is 32.2 Å².